The van der Waals surface area contributed by atoms with E-state index in [-0.39, 0.29) is 11.8 Å². The molecule has 266 valence electrons. The van der Waals surface area contributed by atoms with Crippen LogP contribution in [0, 0.1) is 12.7 Å². The number of aliphatic hydroxyl groups excluding tert-OH is 1. The van der Waals surface area contributed by atoms with Gasteiger partial charge in [-0.25, -0.2) is 13.9 Å². The number of benzene rings is 1. The van der Waals surface area contributed by atoms with E-state index < -0.39 is 5.82 Å². The number of anilines is 2. The third-order valence-electron chi connectivity index (χ3n) is 6.30. The predicted octanol–water partition coefficient (Wildman–Crippen LogP) is 10.8. The lowest BCUT2D eigenvalue weighted by atomic mass is 10.1. The Hall–Kier alpha value is -4.37. The Morgan fingerprint density at radius 2 is 1.71 bits per heavy atom. The molecule has 3 heterocycles. The second-order valence-electron chi connectivity index (χ2n) is 9.42. The number of pyridine rings is 1. The van der Waals surface area contributed by atoms with Crippen molar-refractivity contribution >= 4 is 29.4 Å². The van der Waals surface area contributed by atoms with E-state index in [1.54, 1.807) is 29.8 Å². The highest BCUT2D eigenvalue weighted by molar-refractivity contribution is 5.78. The topological polar surface area (TPSA) is 96.9 Å². The van der Waals surface area contributed by atoms with E-state index in [1.807, 2.05) is 91.9 Å². The van der Waals surface area contributed by atoms with Gasteiger partial charge in [-0.15, -0.1) is 5.10 Å². The highest BCUT2D eigenvalue weighted by atomic mass is 19.1. The molecule has 2 N–H and O–H groups in total. The van der Waals surface area contributed by atoms with Gasteiger partial charge in [0, 0.05) is 12.4 Å². The Kier molecular flexibility index (Phi) is 27.5. The van der Waals surface area contributed by atoms with Crippen LogP contribution in [-0.4, -0.2) is 44.6 Å². The van der Waals surface area contributed by atoms with Crippen molar-refractivity contribution in [2.24, 2.45) is 4.99 Å². The number of aliphatic imine (C=N–C) groups is 1. The van der Waals surface area contributed by atoms with E-state index in [9.17, 15) is 4.39 Å². The summed E-state index contributed by atoms with van der Waals surface area (Å²) in [6, 6.07) is 11.5. The quantitative estimate of drug-likeness (QED) is 0.122. The van der Waals surface area contributed by atoms with Crippen molar-refractivity contribution in [1.82, 2.24) is 19.6 Å². The molecule has 3 aromatic heterocycles. The van der Waals surface area contributed by atoms with Crippen LogP contribution in [-0.2, 0) is 6.42 Å². The minimum atomic E-state index is -0.464. The molecule has 0 spiro atoms. The van der Waals surface area contributed by atoms with E-state index in [0.717, 1.165) is 48.7 Å². The molecule has 0 radical (unpaired) electrons. The average Bonchev–Trinajstić information content (AvgIpc) is 3.57. The van der Waals surface area contributed by atoms with Gasteiger partial charge in [0.1, 0.15) is 17.0 Å². The first-order valence-electron chi connectivity index (χ1n) is 17.1. The number of allylic oxidation sites excluding steroid dienone is 2. The number of fused-ring (bicyclic) bond motifs is 1. The van der Waals surface area contributed by atoms with Gasteiger partial charge in [0.25, 0.3) is 0 Å². The molecule has 8 nitrogen and oxygen atoms in total. The monoisotopic (exact) mass is 664 g/mol. The first-order chi connectivity index (χ1) is 23.3. The van der Waals surface area contributed by atoms with Crippen molar-refractivity contribution in [2.75, 3.05) is 12.4 Å². The zero-order valence-electron chi connectivity index (χ0n) is 31.3. The fourth-order valence-electron chi connectivity index (χ4n) is 3.80. The van der Waals surface area contributed by atoms with Crippen molar-refractivity contribution in [3.8, 4) is 5.75 Å². The number of rotatable bonds is 11. The fraction of sp³-hybridized carbons (Fsp3) is 0.436. The molecule has 1 aromatic carbocycles. The second-order valence-corrected chi connectivity index (χ2v) is 9.42. The summed E-state index contributed by atoms with van der Waals surface area (Å²) in [4.78, 5) is 12.2. The minimum absolute atomic E-state index is 0.0463. The first kappa shape index (κ1) is 45.8. The minimum Gasteiger partial charge on any atom is -0.497 e. The number of ether oxygens (including phenoxy) is 1. The number of hydrogen-bond donors (Lipinski definition) is 2. The van der Waals surface area contributed by atoms with Crippen molar-refractivity contribution in [3.05, 3.63) is 96.5 Å². The molecule has 0 aliphatic carbocycles. The second kappa shape index (κ2) is 28.8. The van der Waals surface area contributed by atoms with Gasteiger partial charge >= 0.3 is 0 Å². The molecule has 9 heteroatoms. The molecular formula is C39H61FN6O2. The summed E-state index contributed by atoms with van der Waals surface area (Å²) in [6.45, 7) is 27.4. The van der Waals surface area contributed by atoms with Gasteiger partial charge in [-0.3, -0.25) is 9.98 Å². The Balaban J connectivity index is 0. The van der Waals surface area contributed by atoms with Gasteiger partial charge in [0.05, 0.1) is 25.1 Å². The van der Waals surface area contributed by atoms with Gasteiger partial charge in [-0.05, 0) is 68.8 Å². The molecule has 0 aliphatic heterocycles. The normalized spacial score (nSPS) is 10.4. The smallest absolute Gasteiger partial charge is 0.200 e. The molecule has 1 atom stereocenters. The summed E-state index contributed by atoms with van der Waals surface area (Å²) >= 11 is 0. The van der Waals surface area contributed by atoms with Crippen LogP contribution in [0.1, 0.15) is 105 Å². The lowest BCUT2D eigenvalue weighted by Crippen LogP contribution is -2.07. The van der Waals surface area contributed by atoms with Crippen LogP contribution in [0.4, 0.5) is 15.9 Å². The van der Waals surface area contributed by atoms with Gasteiger partial charge in [-0.1, -0.05) is 106 Å². The maximum absolute atomic E-state index is 14.0. The molecule has 0 saturated heterocycles. The zero-order valence-corrected chi connectivity index (χ0v) is 31.3. The molecule has 4 rings (SSSR count). The molecular weight excluding hydrogens is 603 g/mol. The third kappa shape index (κ3) is 16.5. The lowest BCUT2D eigenvalue weighted by molar-refractivity contribution is 0.157. The number of aryl methyl sites for hydroxylation is 2. The van der Waals surface area contributed by atoms with Gasteiger partial charge in [0.2, 0.25) is 5.82 Å². The molecule has 0 aliphatic rings. The molecule has 1 unspecified atom stereocenters. The standard InChI is InChI=1S/C18H17FN6.C8H10O.C7H16O.3C2H6/c1-4-6-15(20-3)17-23-18(22-14-7-9-21-11-13(14)19)16-12(5-2)8-10-25(16)24-17;1-7-3-5-8(9-2)6-4-7;1-3-5-6-7(8)4-2;3*1-2/h4,6-11H,1,3,5H2,2H3,(H,21,22,23,24);3-6H,1-2H3;7-8H,3-6H2,1-2H3;3*1-2H3/b15-6-;;;;;. The van der Waals surface area contributed by atoms with E-state index in [2.05, 4.69) is 52.5 Å². The summed E-state index contributed by atoms with van der Waals surface area (Å²) in [6.07, 6.45) is 12.7. The maximum atomic E-state index is 14.0. The molecule has 0 fully saturated rings. The summed E-state index contributed by atoms with van der Waals surface area (Å²) in [5, 5.41) is 16.5. The van der Waals surface area contributed by atoms with Crippen LogP contribution in [0.25, 0.3) is 11.2 Å². The Labute approximate surface area is 289 Å². The SMILES string of the molecule is C=C/C=C(\N=C)c1nc(Nc2ccncc2F)c2c(CC)ccn2n1.CC.CC.CC.CCCCC(O)CC.COc1ccc(C)cc1. The zero-order chi connectivity index (χ0) is 36.9. The van der Waals surface area contributed by atoms with Gasteiger partial charge < -0.3 is 15.2 Å². The number of hydrogen-bond acceptors (Lipinski definition) is 7. The van der Waals surface area contributed by atoms with E-state index >= 15 is 0 Å². The number of nitrogens with one attached hydrogen (secondary N) is 1. The Bertz CT molecular complexity index is 1430. The number of halogens is 1. The summed E-state index contributed by atoms with van der Waals surface area (Å²) in [5.74, 6) is 1.29. The van der Waals surface area contributed by atoms with Crippen molar-refractivity contribution in [2.45, 2.75) is 107 Å². The van der Waals surface area contributed by atoms with Crippen LogP contribution in [0.5, 0.6) is 5.75 Å². The van der Waals surface area contributed by atoms with Crippen molar-refractivity contribution < 1.29 is 14.2 Å². The van der Waals surface area contributed by atoms with Gasteiger partial charge in [-0.2, -0.15) is 0 Å². The Morgan fingerprint density at radius 1 is 1.06 bits per heavy atom. The van der Waals surface area contributed by atoms with Crippen LogP contribution in [0.15, 0.2) is 78.7 Å². The molecule has 48 heavy (non-hydrogen) atoms. The molecule has 0 amide bonds. The molecule has 4 aromatic rings. The van der Waals surface area contributed by atoms with Crippen molar-refractivity contribution in [3.63, 3.8) is 0 Å². The number of aliphatic hydroxyl groups is 1. The highest BCUT2D eigenvalue weighted by Gasteiger charge is 2.15. The van der Waals surface area contributed by atoms with Crippen LogP contribution < -0.4 is 10.1 Å². The summed E-state index contributed by atoms with van der Waals surface area (Å²) in [5.41, 5.74) is 3.84. The molecule has 0 bridgehead atoms. The Morgan fingerprint density at radius 3 is 2.21 bits per heavy atom. The number of unbranched alkanes of at least 4 members (excludes halogenated alkanes) is 1. The average molecular weight is 665 g/mol. The highest BCUT2D eigenvalue weighted by Crippen LogP contribution is 2.26. The largest absolute Gasteiger partial charge is 0.497 e. The maximum Gasteiger partial charge on any atom is 0.200 e. The lowest BCUT2D eigenvalue weighted by Gasteiger charge is -2.11. The van der Waals surface area contributed by atoms with E-state index in [0.29, 0.717) is 17.3 Å². The number of methoxy groups -OCH3 is 1. The van der Waals surface area contributed by atoms with Gasteiger partial charge in [0.15, 0.2) is 11.6 Å². The van der Waals surface area contributed by atoms with Crippen LogP contribution in [0.3, 0.4) is 0 Å². The number of aromatic nitrogens is 4. The molecule has 0 saturated carbocycles. The number of nitrogens with zero attached hydrogens (tertiary/aromatic N) is 5. The predicted molar refractivity (Wildman–Crippen MR) is 205 cm³/mol. The van der Waals surface area contributed by atoms with Crippen LogP contribution in [0.2, 0.25) is 0 Å². The van der Waals surface area contributed by atoms with E-state index in [1.165, 1.54) is 18.2 Å². The van der Waals surface area contributed by atoms with Crippen LogP contribution >= 0.6 is 0 Å². The van der Waals surface area contributed by atoms with Crippen molar-refractivity contribution in [1.29, 1.82) is 0 Å². The van der Waals surface area contributed by atoms with E-state index in [4.69, 9.17) is 9.84 Å². The fourth-order valence-corrected chi connectivity index (χ4v) is 3.80. The summed E-state index contributed by atoms with van der Waals surface area (Å²) in [7, 11) is 1.67. The summed E-state index contributed by atoms with van der Waals surface area (Å²) < 4.78 is 20.7. The third-order valence-corrected chi connectivity index (χ3v) is 6.30. The first-order valence-corrected chi connectivity index (χ1v) is 17.1.